The number of rotatable bonds is 13. The first-order valence-electron chi connectivity index (χ1n) is 13.3. The Morgan fingerprint density at radius 2 is 1.60 bits per heavy atom. The highest BCUT2D eigenvalue weighted by Crippen LogP contribution is 2.34. The summed E-state index contributed by atoms with van der Waals surface area (Å²) in [7, 11) is -1.35. The summed E-state index contributed by atoms with van der Waals surface area (Å²) in [6, 6.07) is 16.1. The average Bonchev–Trinajstić information content (AvgIpc) is 2.96. The normalized spacial score (nSPS) is 12.0. The number of carbonyl (C=O) groups excluding carboxylic acids is 2. The second-order valence-electron chi connectivity index (χ2n) is 9.71. The molecule has 3 rings (SSSR count). The fourth-order valence-corrected chi connectivity index (χ4v) is 6.26. The van der Waals surface area contributed by atoms with Crippen LogP contribution in [0.5, 0.6) is 11.5 Å². The Labute approximate surface area is 257 Å². The number of nitrogens with one attached hydrogen (secondary N) is 1. The Hall–Kier alpha value is -3.47. The lowest BCUT2D eigenvalue weighted by atomic mass is 10.1. The van der Waals surface area contributed by atoms with E-state index < -0.39 is 28.5 Å². The zero-order valence-corrected chi connectivity index (χ0v) is 26.5. The first-order chi connectivity index (χ1) is 19.9. The van der Waals surface area contributed by atoms with E-state index in [-0.39, 0.29) is 41.2 Å². The van der Waals surface area contributed by atoms with Crippen LogP contribution in [0, 0.1) is 0 Å². The zero-order valence-electron chi connectivity index (χ0n) is 24.1. The maximum absolute atomic E-state index is 14.2. The largest absolute Gasteiger partial charge is 0.493 e. The van der Waals surface area contributed by atoms with Gasteiger partial charge in [0.15, 0.2) is 11.5 Å². The lowest BCUT2D eigenvalue weighted by Gasteiger charge is -2.33. The third kappa shape index (κ3) is 7.87. The second kappa shape index (κ2) is 14.6. The Balaban J connectivity index is 2.13. The molecule has 1 unspecified atom stereocenters. The van der Waals surface area contributed by atoms with E-state index in [2.05, 4.69) is 5.32 Å². The van der Waals surface area contributed by atoms with Crippen LogP contribution in [0.15, 0.2) is 71.6 Å². The second-order valence-corrected chi connectivity index (χ2v) is 12.4. The molecule has 0 fully saturated rings. The summed E-state index contributed by atoms with van der Waals surface area (Å²) in [5.41, 5.74) is 0.725. The van der Waals surface area contributed by atoms with Crippen LogP contribution in [0.3, 0.4) is 0 Å². The van der Waals surface area contributed by atoms with Gasteiger partial charge in [-0.1, -0.05) is 54.4 Å². The van der Waals surface area contributed by atoms with Gasteiger partial charge in [0.1, 0.15) is 12.6 Å². The minimum atomic E-state index is -4.24. The van der Waals surface area contributed by atoms with Crippen LogP contribution in [0.1, 0.15) is 32.8 Å². The van der Waals surface area contributed by atoms with E-state index in [1.54, 1.807) is 49.4 Å². The standard InChI is InChI=1S/C30H35Cl2N3O6S/c1-6-26(30(37)33-20(2)3)34(18-21-12-13-22(31)16-25(21)32)29(36)19-35(42(38,39)24-10-8-7-9-11-24)23-14-15-27(40-4)28(17-23)41-5/h7-17,20,26H,6,18-19H2,1-5H3,(H,33,37). The molecule has 0 aromatic heterocycles. The highest BCUT2D eigenvalue weighted by atomic mass is 35.5. The van der Waals surface area contributed by atoms with Gasteiger partial charge in [-0.25, -0.2) is 8.42 Å². The molecule has 3 aromatic rings. The van der Waals surface area contributed by atoms with Crippen molar-refractivity contribution < 1.29 is 27.5 Å². The molecule has 2 amide bonds. The van der Waals surface area contributed by atoms with Crippen molar-refractivity contribution in [3.05, 3.63) is 82.3 Å². The van der Waals surface area contributed by atoms with E-state index in [0.717, 1.165) is 4.31 Å². The SMILES string of the molecule is CCC(C(=O)NC(C)C)N(Cc1ccc(Cl)cc1Cl)C(=O)CN(c1ccc(OC)c(OC)c1)S(=O)(=O)c1ccccc1. The molecule has 1 N–H and O–H groups in total. The number of hydrogen-bond acceptors (Lipinski definition) is 6. The number of ether oxygens (including phenoxy) is 2. The van der Waals surface area contributed by atoms with Crippen molar-refractivity contribution in [3.63, 3.8) is 0 Å². The van der Waals surface area contributed by atoms with Gasteiger partial charge < -0.3 is 19.7 Å². The molecule has 0 bridgehead atoms. The minimum Gasteiger partial charge on any atom is -0.493 e. The predicted octanol–water partition coefficient (Wildman–Crippen LogP) is 5.54. The third-order valence-corrected chi connectivity index (χ3v) is 8.81. The fourth-order valence-electron chi connectivity index (χ4n) is 4.36. The van der Waals surface area contributed by atoms with Crippen LogP contribution in [-0.4, -0.2) is 58.0 Å². The van der Waals surface area contributed by atoms with Gasteiger partial charge in [-0.15, -0.1) is 0 Å². The van der Waals surface area contributed by atoms with Gasteiger partial charge in [-0.2, -0.15) is 0 Å². The lowest BCUT2D eigenvalue weighted by Crippen LogP contribution is -2.53. The number of sulfonamides is 1. The van der Waals surface area contributed by atoms with Gasteiger partial charge in [0.2, 0.25) is 11.8 Å². The molecule has 0 aliphatic rings. The van der Waals surface area contributed by atoms with Gasteiger partial charge in [0.05, 0.1) is 24.8 Å². The maximum atomic E-state index is 14.2. The quantitative estimate of drug-likeness (QED) is 0.264. The lowest BCUT2D eigenvalue weighted by molar-refractivity contribution is -0.140. The third-order valence-electron chi connectivity index (χ3n) is 6.44. The van der Waals surface area contributed by atoms with E-state index >= 15 is 0 Å². The Morgan fingerprint density at radius 1 is 0.929 bits per heavy atom. The number of carbonyl (C=O) groups is 2. The molecule has 42 heavy (non-hydrogen) atoms. The molecule has 0 aliphatic carbocycles. The fraction of sp³-hybridized carbons (Fsp3) is 0.333. The number of methoxy groups -OCH3 is 2. The number of amides is 2. The zero-order chi connectivity index (χ0) is 31.0. The van der Waals surface area contributed by atoms with Crippen molar-refractivity contribution in [2.75, 3.05) is 25.1 Å². The molecule has 226 valence electrons. The van der Waals surface area contributed by atoms with Crippen molar-refractivity contribution in [1.82, 2.24) is 10.2 Å². The smallest absolute Gasteiger partial charge is 0.264 e. The molecule has 0 aliphatic heterocycles. The summed E-state index contributed by atoms with van der Waals surface area (Å²) in [5.74, 6) is -0.307. The highest BCUT2D eigenvalue weighted by molar-refractivity contribution is 7.92. The van der Waals surface area contributed by atoms with Crippen LogP contribution in [0.4, 0.5) is 5.69 Å². The molecule has 0 spiro atoms. The van der Waals surface area contributed by atoms with Crippen molar-refractivity contribution in [1.29, 1.82) is 0 Å². The van der Waals surface area contributed by atoms with E-state index in [0.29, 0.717) is 21.4 Å². The Morgan fingerprint density at radius 3 is 2.17 bits per heavy atom. The summed E-state index contributed by atoms with van der Waals surface area (Å²) in [6.45, 7) is 4.75. The van der Waals surface area contributed by atoms with Crippen molar-refractivity contribution in [3.8, 4) is 11.5 Å². The van der Waals surface area contributed by atoms with E-state index in [9.17, 15) is 18.0 Å². The van der Waals surface area contributed by atoms with Gasteiger partial charge in [0, 0.05) is 28.7 Å². The van der Waals surface area contributed by atoms with Gasteiger partial charge in [-0.05, 0) is 62.2 Å². The number of anilines is 1. The molecule has 3 aromatic carbocycles. The van der Waals surface area contributed by atoms with Crippen LogP contribution in [0.2, 0.25) is 10.0 Å². The molecule has 12 heteroatoms. The van der Waals surface area contributed by atoms with Crippen molar-refractivity contribution >= 4 is 50.7 Å². The number of nitrogens with zero attached hydrogens (tertiary/aromatic N) is 2. The summed E-state index contributed by atoms with van der Waals surface area (Å²) in [5, 5.41) is 3.59. The molecule has 0 heterocycles. The Kier molecular flexibility index (Phi) is 11.5. The molecule has 0 radical (unpaired) electrons. The highest BCUT2D eigenvalue weighted by Gasteiger charge is 2.34. The van der Waals surface area contributed by atoms with E-state index in [4.69, 9.17) is 32.7 Å². The molecule has 9 nitrogen and oxygen atoms in total. The Bertz CT molecular complexity index is 1500. The molecule has 1 atom stereocenters. The number of halogens is 2. The summed E-state index contributed by atoms with van der Waals surface area (Å²) in [6.07, 6.45) is 0.275. The predicted molar refractivity (Wildman–Crippen MR) is 165 cm³/mol. The maximum Gasteiger partial charge on any atom is 0.264 e. The number of benzene rings is 3. The van der Waals surface area contributed by atoms with Crippen LogP contribution < -0.4 is 19.1 Å². The van der Waals surface area contributed by atoms with Crippen LogP contribution >= 0.6 is 23.2 Å². The first kappa shape index (κ1) is 33.0. The van der Waals surface area contributed by atoms with Crippen LogP contribution in [-0.2, 0) is 26.2 Å². The average molecular weight is 637 g/mol. The van der Waals surface area contributed by atoms with Crippen molar-refractivity contribution in [2.45, 2.75) is 50.7 Å². The van der Waals surface area contributed by atoms with Crippen LogP contribution in [0.25, 0.3) is 0 Å². The van der Waals surface area contributed by atoms with Gasteiger partial charge in [-0.3, -0.25) is 13.9 Å². The summed E-state index contributed by atoms with van der Waals surface area (Å²) >= 11 is 12.5. The topological polar surface area (TPSA) is 105 Å². The molecule has 0 saturated heterocycles. The molecular weight excluding hydrogens is 601 g/mol. The minimum absolute atomic E-state index is 0.00975. The molecular formula is C30H35Cl2N3O6S. The summed E-state index contributed by atoms with van der Waals surface area (Å²) in [4.78, 5) is 28.8. The number of hydrogen-bond donors (Lipinski definition) is 1. The van der Waals surface area contributed by atoms with Gasteiger partial charge in [0.25, 0.3) is 10.0 Å². The van der Waals surface area contributed by atoms with E-state index in [1.807, 2.05) is 13.8 Å². The monoisotopic (exact) mass is 635 g/mol. The first-order valence-corrected chi connectivity index (χ1v) is 15.5. The van der Waals surface area contributed by atoms with E-state index in [1.165, 1.54) is 43.4 Å². The molecule has 0 saturated carbocycles. The van der Waals surface area contributed by atoms with Crippen molar-refractivity contribution in [2.24, 2.45) is 0 Å². The van der Waals surface area contributed by atoms with Gasteiger partial charge >= 0.3 is 0 Å². The summed E-state index contributed by atoms with van der Waals surface area (Å²) < 4.78 is 39.7.